The van der Waals surface area contributed by atoms with Crippen LogP contribution in [0.4, 0.5) is 13.2 Å². The number of hydrogen-bond donors (Lipinski definition) is 1. The van der Waals surface area contributed by atoms with Gasteiger partial charge >= 0.3 is 0 Å². The van der Waals surface area contributed by atoms with Gasteiger partial charge in [-0.1, -0.05) is 6.07 Å². The van der Waals surface area contributed by atoms with Crippen molar-refractivity contribution < 1.29 is 13.2 Å². The summed E-state index contributed by atoms with van der Waals surface area (Å²) >= 11 is 0. The molecule has 0 atom stereocenters. The van der Waals surface area contributed by atoms with E-state index in [0.717, 1.165) is 32.0 Å². The third-order valence-corrected chi connectivity index (χ3v) is 3.06. The molecule has 0 aliphatic carbocycles. The second-order valence-electron chi connectivity index (χ2n) is 4.10. The van der Waals surface area contributed by atoms with Gasteiger partial charge in [0.25, 0.3) is 6.43 Å². The molecule has 1 aromatic rings. The molecule has 0 unspecified atom stereocenters. The maximum Gasteiger partial charge on any atom is 0.264 e. The Morgan fingerprint density at radius 1 is 1.19 bits per heavy atom. The molecule has 1 nitrogen and oxygen atoms in total. The van der Waals surface area contributed by atoms with Gasteiger partial charge in [0.05, 0.1) is 0 Å². The van der Waals surface area contributed by atoms with Crippen LogP contribution in [-0.4, -0.2) is 13.1 Å². The van der Waals surface area contributed by atoms with Gasteiger partial charge in [0.1, 0.15) is 5.82 Å². The zero-order valence-electron chi connectivity index (χ0n) is 8.85. The Kier molecular flexibility index (Phi) is 3.49. The first-order valence-electron chi connectivity index (χ1n) is 5.46. The lowest BCUT2D eigenvalue weighted by atomic mass is 9.87. The average molecular weight is 229 g/mol. The Bertz CT molecular complexity index is 359. The second-order valence-corrected chi connectivity index (χ2v) is 4.10. The molecular weight excluding hydrogens is 215 g/mol. The van der Waals surface area contributed by atoms with Crippen LogP contribution in [0.15, 0.2) is 18.2 Å². The van der Waals surface area contributed by atoms with Crippen LogP contribution in [0.1, 0.15) is 36.3 Å². The number of alkyl halides is 2. The van der Waals surface area contributed by atoms with Gasteiger partial charge in [-0.2, -0.15) is 0 Å². The fraction of sp³-hybridized carbons (Fsp3) is 0.500. The molecule has 4 heteroatoms. The van der Waals surface area contributed by atoms with Crippen LogP contribution >= 0.6 is 0 Å². The highest BCUT2D eigenvalue weighted by Gasteiger charge is 2.22. The van der Waals surface area contributed by atoms with Crippen molar-refractivity contribution in [3.63, 3.8) is 0 Å². The minimum Gasteiger partial charge on any atom is -0.317 e. The van der Waals surface area contributed by atoms with E-state index in [1.54, 1.807) is 0 Å². The second kappa shape index (κ2) is 4.87. The molecule has 1 N–H and O–H groups in total. The third kappa shape index (κ3) is 2.38. The first kappa shape index (κ1) is 11.5. The van der Waals surface area contributed by atoms with Crippen LogP contribution in [0.2, 0.25) is 0 Å². The Morgan fingerprint density at radius 3 is 2.50 bits per heavy atom. The van der Waals surface area contributed by atoms with Crippen LogP contribution in [-0.2, 0) is 0 Å². The molecular formula is C12H14F3N. The summed E-state index contributed by atoms with van der Waals surface area (Å²) in [5.41, 5.74) is 0.463. The van der Waals surface area contributed by atoms with Gasteiger partial charge in [0.2, 0.25) is 0 Å². The largest absolute Gasteiger partial charge is 0.317 e. The smallest absolute Gasteiger partial charge is 0.264 e. The monoisotopic (exact) mass is 229 g/mol. The summed E-state index contributed by atoms with van der Waals surface area (Å²) in [6, 6.07) is 3.73. The highest BCUT2D eigenvalue weighted by Crippen LogP contribution is 2.33. The Hall–Kier alpha value is -1.03. The Labute approximate surface area is 92.7 Å². The van der Waals surface area contributed by atoms with Gasteiger partial charge in [-0.15, -0.1) is 0 Å². The highest BCUT2D eigenvalue weighted by molar-refractivity contribution is 5.32. The summed E-state index contributed by atoms with van der Waals surface area (Å²) < 4.78 is 38.5. The fourth-order valence-electron chi connectivity index (χ4n) is 2.24. The van der Waals surface area contributed by atoms with Gasteiger partial charge in [0.15, 0.2) is 0 Å². The standard InChI is InChI=1S/C12H14F3N/c13-9-1-2-10(11(7-9)12(14)15)8-3-5-16-6-4-8/h1-2,7-8,12,16H,3-6H2. The van der Waals surface area contributed by atoms with E-state index in [-0.39, 0.29) is 11.5 Å². The van der Waals surface area contributed by atoms with Crippen molar-refractivity contribution in [2.75, 3.05) is 13.1 Å². The first-order valence-corrected chi connectivity index (χ1v) is 5.46. The number of hydrogen-bond acceptors (Lipinski definition) is 1. The molecule has 1 fully saturated rings. The number of piperidine rings is 1. The predicted octanol–water partition coefficient (Wildman–Crippen LogP) is 3.23. The summed E-state index contributed by atoms with van der Waals surface area (Å²) in [6.07, 6.45) is -0.919. The Balaban J connectivity index is 2.31. The molecule has 0 spiro atoms. The number of halogens is 3. The van der Waals surface area contributed by atoms with Crippen molar-refractivity contribution in [2.45, 2.75) is 25.2 Å². The molecule has 0 aromatic heterocycles. The molecule has 1 aliphatic rings. The third-order valence-electron chi connectivity index (χ3n) is 3.06. The highest BCUT2D eigenvalue weighted by atomic mass is 19.3. The van der Waals surface area contributed by atoms with Crippen LogP contribution in [0, 0.1) is 5.82 Å². The van der Waals surface area contributed by atoms with E-state index in [4.69, 9.17) is 0 Å². The van der Waals surface area contributed by atoms with Gasteiger partial charge in [-0.3, -0.25) is 0 Å². The van der Waals surface area contributed by atoms with E-state index in [9.17, 15) is 13.2 Å². The lowest BCUT2D eigenvalue weighted by Gasteiger charge is -2.25. The van der Waals surface area contributed by atoms with E-state index < -0.39 is 12.2 Å². The minimum absolute atomic E-state index is 0.130. The normalized spacial score (nSPS) is 18.0. The molecule has 16 heavy (non-hydrogen) atoms. The summed E-state index contributed by atoms with van der Waals surface area (Å²) in [5, 5.41) is 3.18. The maximum atomic E-state index is 12.9. The molecule has 1 saturated heterocycles. The van der Waals surface area contributed by atoms with Crippen molar-refractivity contribution in [3.8, 4) is 0 Å². The molecule has 1 heterocycles. The molecule has 0 amide bonds. The van der Waals surface area contributed by atoms with Crippen molar-refractivity contribution in [1.82, 2.24) is 5.32 Å². The quantitative estimate of drug-likeness (QED) is 0.821. The molecule has 1 aromatic carbocycles. The number of rotatable bonds is 2. The zero-order valence-corrected chi connectivity index (χ0v) is 8.85. The number of benzene rings is 1. The molecule has 2 rings (SSSR count). The van der Waals surface area contributed by atoms with Crippen molar-refractivity contribution in [2.24, 2.45) is 0 Å². The van der Waals surface area contributed by atoms with Crippen LogP contribution in [0.25, 0.3) is 0 Å². The van der Waals surface area contributed by atoms with Crippen molar-refractivity contribution in [3.05, 3.63) is 35.1 Å². The summed E-state index contributed by atoms with van der Waals surface area (Å²) in [6.45, 7) is 1.68. The molecule has 0 bridgehead atoms. The molecule has 0 saturated carbocycles. The SMILES string of the molecule is Fc1ccc(C2CCNCC2)c(C(F)F)c1. The summed E-state index contributed by atoms with van der Waals surface area (Å²) in [4.78, 5) is 0. The lowest BCUT2D eigenvalue weighted by Crippen LogP contribution is -2.27. The fourth-order valence-corrected chi connectivity index (χ4v) is 2.24. The Morgan fingerprint density at radius 2 is 1.88 bits per heavy atom. The van der Waals surface area contributed by atoms with Crippen LogP contribution in [0.3, 0.4) is 0 Å². The predicted molar refractivity (Wildman–Crippen MR) is 56.2 cm³/mol. The van der Waals surface area contributed by atoms with Gasteiger partial charge in [-0.05, 0) is 49.5 Å². The topological polar surface area (TPSA) is 12.0 Å². The molecule has 0 radical (unpaired) electrons. The zero-order chi connectivity index (χ0) is 11.5. The van der Waals surface area contributed by atoms with Gasteiger partial charge < -0.3 is 5.32 Å². The van der Waals surface area contributed by atoms with E-state index in [0.29, 0.717) is 5.56 Å². The molecule has 88 valence electrons. The summed E-state index contributed by atoms with van der Waals surface area (Å²) in [5.74, 6) is -0.459. The van der Waals surface area contributed by atoms with Crippen molar-refractivity contribution >= 4 is 0 Å². The van der Waals surface area contributed by atoms with E-state index in [2.05, 4.69) is 5.32 Å². The average Bonchev–Trinajstić information content (AvgIpc) is 2.30. The first-order chi connectivity index (χ1) is 7.68. The molecule has 1 aliphatic heterocycles. The van der Waals surface area contributed by atoms with E-state index >= 15 is 0 Å². The summed E-state index contributed by atoms with van der Waals surface area (Å²) in [7, 11) is 0. The van der Waals surface area contributed by atoms with Crippen LogP contribution in [0.5, 0.6) is 0 Å². The van der Waals surface area contributed by atoms with E-state index in [1.165, 1.54) is 12.1 Å². The van der Waals surface area contributed by atoms with Crippen LogP contribution < -0.4 is 5.32 Å². The maximum absolute atomic E-state index is 12.9. The van der Waals surface area contributed by atoms with Gasteiger partial charge in [0, 0.05) is 5.56 Å². The van der Waals surface area contributed by atoms with Gasteiger partial charge in [-0.25, -0.2) is 13.2 Å². The number of nitrogens with one attached hydrogen (secondary N) is 1. The van der Waals surface area contributed by atoms with Crippen molar-refractivity contribution in [1.29, 1.82) is 0 Å². The minimum atomic E-state index is -2.60. The van der Waals surface area contributed by atoms with E-state index in [1.807, 2.05) is 0 Å². The lowest BCUT2D eigenvalue weighted by molar-refractivity contribution is 0.148.